The summed E-state index contributed by atoms with van der Waals surface area (Å²) in [6.07, 6.45) is 1.20. The molecule has 1 N–H and O–H groups in total. The van der Waals surface area contributed by atoms with Gasteiger partial charge in [-0.2, -0.15) is 0 Å². The van der Waals surface area contributed by atoms with Gasteiger partial charge >= 0.3 is 0 Å². The molecule has 0 amide bonds. The van der Waals surface area contributed by atoms with Gasteiger partial charge in [-0.3, -0.25) is 4.90 Å². The summed E-state index contributed by atoms with van der Waals surface area (Å²) in [5.74, 6) is -0.105. The standard InChI is InChI=1S/C15H23FN2/c1-12(13-6-4-5-7-14(13)16)18(3)11-15(2)8-9-17-10-15/h4-7,12,17H,8-11H2,1-3H3. The van der Waals surface area contributed by atoms with E-state index in [1.165, 1.54) is 6.42 Å². The highest BCUT2D eigenvalue weighted by atomic mass is 19.1. The maximum atomic E-state index is 13.8. The van der Waals surface area contributed by atoms with Crippen LogP contribution in [-0.4, -0.2) is 31.6 Å². The van der Waals surface area contributed by atoms with Crippen molar-refractivity contribution in [3.63, 3.8) is 0 Å². The van der Waals surface area contributed by atoms with Crippen molar-refractivity contribution in [1.29, 1.82) is 0 Å². The SMILES string of the molecule is CC(c1ccccc1F)N(C)CC1(C)CCNC1. The van der Waals surface area contributed by atoms with Crippen LogP contribution in [0.3, 0.4) is 0 Å². The van der Waals surface area contributed by atoms with Crippen molar-refractivity contribution in [2.24, 2.45) is 5.41 Å². The summed E-state index contributed by atoms with van der Waals surface area (Å²) in [7, 11) is 2.08. The molecule has 0 aliphatic carbocycles. The van der Waals surface area contributed by atoms with E-state index in [-0.39, 0.29) is 11.9 Å². The van der Waals surface area contributed by atoms with Crippen LogP contribution in [0, 0.1) is 11.2 Å². The van der Waals surface area contributed by atoms with Crippen LogP contribution in [0.25, 0.3) is 0 Å². The van der Waals surface area contributed by atoms with Crippen molar-refractivity contribution in [2.75, 3.05) is 26.7 Å². The normalized spacial score (nSPS) is 25.6. The monoisotopic (exact) mass is 250 g/mol. The summed E-state index contributed by atoms with van der Waals surface area (Å²) in [5.41, 5.74) is 1.10. The maximum Gasteiger partial charge on any atom is 0.127 e. The third-order valence-corrected chi connectivity index (χ3v) is 4.10. The third kappa shape index (κ3) is 2.90. The molecule has 0 radical (unpaired) electrons. The van der Waals surface area contributed by atoms with Crippen molar-refractivity contribution >= 4 is 0 Å². The first-order chi connectivity index (χ1) is 8.52. The average molecular weight is 250 g/mol. The minimum atomic E-state index is -0.105. The highest BCUT2D eigenvalue weighted by Crippen LogP contribution is 2.29. The Labute approximate surface area is 109 Å². The molecule has 1 fully saturated rings. The molecule has 0 spiro atoms. The Morgan fingerprint density at radius 1 is 1.44 bits per heavy atom. The molecule has 0 aromatic heterocycles. The number of halogens is 1. The molecule has 1 aromatic rings. The fourth-order valence-electron chi connectivity index (χ4n) is 2.79. The molecule has 0 bridgehead atoms. The topological polar surface area (TPSA) is 15.3 Å². The Morgan fingerprint density at radius 3 is 2.78 bits per heavy atom. The zero-order valence-electron chi connectivity index (χ0n) is 11.5. The van der Waals surface area contributed by atoms with Crippen LogP contribution >= 0.6 is 0 Å². The van der Waals surface area contributed by atoms with E-state index in [9.17, 15) is 4.39 Å². The Kier molecular flexibility index (Phi) is 4.03. The lowest BCUT2D eigenvalue weighted by atomic mass is 9.88. The molecule has 1 aliphatic rings. The largest absolute Gasteiger partial charge is 0.316 e. The number of benzene rings is 1. The molecule has 1 aliphatic heterocycles. The molecule has 3 heteroatoms. The van der Waals surface area contributed by atoms with Gasteiger partial charge in [-0.25, -0.2) is 4.39 Å². The predicted octanol–water partition coefficient (Wildman–Crippen LogP) is 2.82. The smallest absolute Gasteiger partial charge is 0.127 e. The Bertz CT molecular complexity index is 399. The molecule has 2 atom stereocenters. The molecule has 0 saturated carbocycles. The first kappa shape index (κ1) is 13.5. The minimum absolute atomic E-state index is 0.105. The molecule has 1 saturated heterocycles. The zero-order valence-corrected chi connectivity index (χ0v) is 11.5. The average Bonchev–Trinajstić information content (AvgIpc) is 2.75. The summed E-state index contributed by atoms with van der Waals surface area (Å²) in [6.45, 7) is 7.52. The van der Waals surface area contributed by atoms with Crippen LogP contribution < -0.4 is 5.32 Å². The number of nitrogens with zero attached hydrogens (tertiary/aromatic N) is 1. The van der Waals surface area contributed by atoms with Crippen molar-refractivity contribution in [1.82, 2.24) is 10.2 Å². The number of hydrogen-bond acceptors (Lipinski definition) is 2. The van der Waals surface area contributed by atoms with E-state index >= 15 is 0 Å². The molecule has 2 nitrogen and oxygen atoms in total. The van der Waals surface area contributed by atoms with Crippen LogP contribution in [0.5, 0.6) is 0 Å². The Hall–Kier alpha value is -0.930. The molecule has 100 valence electrons. The molecule has 2 unspecified atom stereocenters. The van der Waals surface area contributed by atoms with Crippen LogP contribution in [0.2, 0.25) is 0 Å². The third-order valence-electron chi connectivity index (χ3n) is 4.10. The number of nitrogens with one attached hydrogen (secondary N) is 1. The van der Waals surface area contributed by atoms with Gasteiger partial charge in [0.2, 0.25) is 0 Å². The Balaban J connectivity index is 2.05. The lowest BCUT2D eigenvalue weighted by Gasteiger charge is -2.33. The summed E-state index contributed by atoms with van der Waals surface area (Å²) < 4.78 is 13.8. The summed E-state index contributed by atoms with van der Waals surface area (Å²) in [5, 5.41) is 3.41. The van der Waals surface area contributed by atoms with E-state index in [2.05, 4.69) is 31.1 Å². The number of rotatable bonds is 4. The van der Waals surface area contributed by atoms with E-state index < -0.39 is 0 Å². The van der Waals surface area contributed by atoms with Crippen LogP contribution in [-0.2, 0) is 0 Å². The maximum absolute atomic E-state index is 13.8. The highest BCUT2D eigenvalue weighted by Gasteiger charge is 2.31. The van der Waals surface area contributed by atoms with E-state index in [0.717, 1.165) is 25.2 Å². The molecular weight excluding hydrogens is 227 g/mol. The molecule has 1 aromatic carbocycles. The molecular formula is C15H23FN2. The van der Waals surface area contributed by atoms with Gasteiger partial charge in [-0.1, -0.05) is 25.1 Å². The summed E-state index contributed by atoms with van der Waals surface area (Å²) >= 11 is 0. The first-order valence-corrected chi connectivity index (χ1v) is 6.67. The van der Waals surface area contributed by atoms with E-state index in [4.69, 9.17) is 0 Å². The predicted molar refractivity (Wildman–Crippen MR) is 73.0 cm³/mol. The van der Waals surface area contributed by atoms with Crippen LogP contribution in [0.15, 0.2) is 24.3 Å². The van der Waals surface area contributed by atoms with Gasteiger partial charge in [0, 0.05) is 24.7 Å². The summed E-state index contributed by atoms with van der Waals surface area (Å²) in [6, 6.07) is 7.18. The van der Waals surface area contributed by atoms with E-state index in [0.29, 0.717) is 5.41 Å². The van der Waals surface area contributed by atoms with Crippen molar-refractivity contribution in [3.8, 4) is 0 Å². The van der Waals surface area contributed by atoms with Gasteiger partial charge in [-0.05, 0) is 38.4 Å². The fraction of sp³-hybridized carbons (Fsp3) is 0.600. The number of hydrogen-bond donors (Lipinski definition) is 1. The quantitative estimate of drug-likeness (QED) is 0.884. The van der Waals surface area contributed by atoms with Gasteiger partial charge in [0.25, 0.3) is 0 Å². The van der Waals surface area contributed by atoms with Crippen LogP contribution in [0.4, 0.5) is 4.39 Å². The lowest BCUT2D eigenvalue weighted by Crippen LogP contribution is -2.36. The Morgan fingerprint density at radius 2 is 2.17 bits per heavy atom. The van der Waals surface area contributed by atoms with E-state index in [1.807, 2.05) is 12.1 Å². The lowest BCUT2D eigenvalue weighted by molar-refractivity contribution is 0.167. The van der Waals surface area contributed by atoms with Gasteiger partial charge in [0.05, 0.1) is 0 Å². The molecule has 1 heterocycles. The van der Waals surface area contributed by atoms with Crippen molar-refractivity contribution in [2.45, 2.75) is 26.3 Å². The van der Waals surface area contributed by atoms with Gasteiger partial charge in [0.15, 0.2) is 0 Å². The van der Waals surface area contributed by atoms with Gasteiger partial charge in [0.1, 0.15) is 5.82 Å². The second kappa shape index (κ2) is 5.37. The van der Waals surface area contributed by atoms with E-state index in [1.54, 1.807) is 12.1 Å². The zero-order chi connectivity index (χ0) is 13.2. The van der Waals surface area contributed by atoms with Crippen molar-refractivity contribution in [3.05, 3.63) is 35.6 Å². The van der Waals surface area contributed by atoms with Gasteiger partial charge < -0.3 is 5.32 Å². The van der Waals surface area contributed by atoms with Crippen LogP contribution in [0.1, 0.15) is 31.9 Å². The highest BCUT2D eigenvalue weighted by molar-refractivity contribution is 5.20. The minimum Gasteiger partial charge on any atom is -0.316 e. The summed E-state index contributed by atoms with van der Waals surface area (Å²) in [4.78, 5) is 2.26. The second-order valence-corrected chi connectivity index (χ2v) is 5.85. The fourth-order valence-corrected chi connectivity index (χ4v) is 2.79. The van der Waals surface area contributed by atoms with Crippen molar-refractivity contribution < 1.29 is 4.39 Å². The molecule has 18 heavy (non-hydrogen) atoms. The van der Waals surface area contributed by atoms with Gasteiger partial charge in [-0.15, -0.1) is 0 Å². The second-order valence-electron chi connectivity index (χ2n) is 5.85. The molecule has 2 rings (SSSR count). The first-order valence-electron chi connectivity index (χ1n) is 6.67.